The zero-order chi connectivity index (χ0) is 15.7. The molecule has 4 heteroatoms. The number of fused-ring (bicyclic) bond motifs is 1. The van der Waals surface area contributed by atoms with E-state index in [0.717, 1.165) is 48.8 Å². The number of para-hydroxylation sites is 1. The van der Waals surface area contributed by atoms with Gasteiger partial charge in [-0.15, -0.1) is 0 Å². The Morgan fingerprint density at radius 1 is 1.27 bits per heavy atom. The number of carbonyl (C=O) groups is 1. The van der Waals surface area contributed by atoms with Gasteiger partial charge in [-0.2, -0.15) is 0 Å². The summed E-state index contributed by atoms with van der Waals surface area (Å²) in [6.45, 7) is 2.82. The number of ether oxygens (including phenoxy) is 1. The fraction of sp³-hybridized carbons (Fsp3) is 0.500. The molecule has 0 radical (unpaired) electrons. The maximum atomic E-state index is 11.6. The predicted molar refractivity (Wildman–Crippen MR) is 86.4 cm³/mol. The van der Waals surface area contributed by atoms with Crippen LogP contribution >= 0.6 is 0 Å². The maximum Gasteiger partial charge on any atom is 0.338 e. The second kappa shape index (κ2) is 6.13. The van der Waals surface area contributed by atoms with Crippen molar-refractivity contribution in [3.05, 3.63) is 35.5 Å². The van der Waals surface area contributed by atoms with E-state index in [4.69, 9.17) is 4.74 Å². The molecule has 1 heterocycles. The van der Waals surface area contributed by atoms with Crippen molar-refractivity contribution in [1.29, 1.82) is 0 Å². The third-order valence-electron chi connectivity index (χ3n) is 5.01. The Bertz CT molecular complexity index is 681. The zero-order valence-electron chi connectivity index (χ0n) is 13.2. The minimum atomic E-state index is -0.837. The van der Waals surface area contributed by atoms with Gasteiger partial charge >= 0.3 is 5.97 Å². The van der Waals surface area contributed by atoms with Crippen LogP contribution in [0.25, 0.3) is 10.9 Å². The number of aromatic carboxylic acids is 1. The summed E-state index contributed by atoms with van der Waals surface area (Å²) in [5, 5.41) is 10.4. The highest BCUT2D eigenvalue weighted by atomic mass is 16.5. The molecule has 0 aliphatic heterocycles. The van der Waals surface area contributed by atoms with Gasteiger partial charge in [-0.05, 0) is 44.6 Å². The number of nitrogens with zero attached hydrogens (tertiary/aromatic N) is 1. The van der Waals surface area contributed by atoms with Crippen molar-refractivity contribution in [2.45, 2.75) is 45.3 Å². The molecule has 1 aromatic carbocycles. The van der Waals surface area contributed by atoms with Crippen LogP contribution in [0.15, 0.2) is 24.3 Å². The van der Waals surface area contributed by atoms with Crippen molar-refractivity contribution in [2.75, 3.05) is 7.11 Å². The molecule has 0 bridgehead atoms. The lowest BCUT2D eigenvalue weighted by Gasteiger charge is -2.28. The average Bonchev–Trinajstić information content (AvgIpc) is 2.81. The summed E-state index contributed by atoms with van der Waals surface area (Å²) in [6, 6.07) is 7.81. The lowest BCUT2D eigenvalue weighted by molar-refractivity contribution is 0.0543. The average molecular weight is 301 g/mol. The van der Waals surface area contributed by atoms with Gasteiger partial charge in [-0.3, -0.25) is 0 Å². The molecule has 0 spiro atoms. The van der Waals surface area contributed by atoms with Crippen molar-refractivity contribution in [1.82, 2.24) is 4.57 Å². The van der Waals surface area contributed by atoms with E-state index in [9.17, 15) is 9.90 Å². The van der Waals surface area contributed by atoms with Crippen LogP contribution in [0, 0.1) is 12.8 Å². The fourth-order valence-electron chi connectivity index (χ4n) is 3.74. The van der Waals surface area contributed by atoms with Gasteiger partial charge in [0, 0.05) is 30.3 Å². The number of aromatic nitrogens is 1. The molecule has 4 nitrogen and oxygen atoms in total. The Morgan fingerprint density at radius 2 is 1.95 bits per heavy atom. The summed E-state index contributed by atoms with van der Waals surface area (Å²) >= 11 is 0. The summed E-state index contributed by atoms with van der Waals surface area (Å²) < 4.78 is 7.63. The molecular weight excluding hydrogens is 278 g/mol. The molecule has 1 aliphatic carbocycles. The molecule has 1 fully saturated rings. The molecule has 0 atom stereocenters. The lowest BCUT2D eigenvalue weighted by atomic mass is 9.87. The van der Waals surface area contributed by atoms with Crippen LogP contribution in [0.1, 0.15) is 41.7 Å². The van der Waals surface area contributed by atoms with Crippen LogP contribution in [0.4, 0.5) is 0 Å². The monoisotopic (exact) mass is 301 g/mol. The molecule has 0 amide bonds. The molecular formula is C18H23NO3. The van der Waals surface area contributed by atoms with Gasteiger partial charge in [0.1, 0.15) is 0 Å². The molecule has 0 saturated heterocycles. The van der Waals surface area contributed by atoms with E-state index in [0.29, 0.717) is 17.6 Å². The standard InChI is InChI=1S/C18H23NO3/c1-12-17(18(20)21)15-5-3-4-6-16(15)19(12)11-13-7-9-14(22-2)10-8-13/h3-6,13-14H,7-11H2,1-2H3,(H,20,21). The first kappa shape index (κ1) is 15.1. The number of carboxylic acid groups (broad SMARTS) is 1. The van der Waals surface area contributed by atoms with E-state index in [2.05, 4.69) is 4.57 Å². The van der Waals surface area contributed by atoms with Crippen molar-refractivity contribution < 1.29 is 14.6 Å². The zero-order valence-corrected chi connectivity index (χ0v) is 13.2. The second-order valence-electron chi connectivity index (χ2n) is 6.27. The fourth-order valence-corrected chi connectivity index (χ4v) is 3.74. The second-order valence-corrected chi connectivity index (χ2v) is 6.27. The number of carboxylic acids is 1. The third kappa shape index (κ3) is 2.63. The van der Waals surface area contributed by atoms with Gasteiger partial charge in [-0.1, -0.05) is 18.2 Å². The first-order chi connectivity index (χ1) is 10.6. The van der Waals surface area contributed by atoms with Gasteiger partial charge in [0.2, 0.25) is 0 Å². The Morgan fingerprint density at radius 3 is 2.59 bits per heavy atom. The molecule has 118 valence electrons. The molecule has 1 aliphatic rings. The van der Waals surface area contributed by atoms with E-state index >= 15 is 0 Å². The number of methoxy groups -OCH3 is 1. The molecule has 0 unspecified atom stereocenters. The third-order valence-corrected chi connectivity index (χ3v) is 5.01. The number of benzene rings is 1. The maximum absolute atomic E-state index is 11.6. The first-order valence-corrected chi connectivity index (χ1v) is 7.95. The SMILES string of the molecule is COC1CCC(Cn2c(C)c(C(=O)O)c3ccccc32)CC1. The van der Waals surface area contributed by atoms with Crippen LogP contribution in [-0.2, 0) is 11.3 Å². The predicted octanol–water partition coefficient (Wildman–Crippen LogP) is 3.85. The van der Waals surface area contributed by atoms with Gasteiger partial charge in [-0.25, -0.2) is 4.79 Å². The molecule has 1 aromatic heterocycles. The number of rotatable bonds is 4. The van der Waals surface area contributed by atoms with Gasteiger partial charge in [0.05, 0.1) is 11.7 Å². The first-order valence-electron chi connectivity index (χ1n) is 7.95. The number of hydrogen-bond acceptors (Lipinski definition) is 2. The van der Waals surface area contributed by atoms with Crippen LogP contribution in [0.3, 0.4) is 0 Å². The highest BCUT2D eigenvalue weighted by molar-refractivity contribution is 6.05. The summed E-state index contributed by atoms with van der Waals surface area (Å²) in [5.74, 6) is -0.238. The van der Waals surface area contributed by atoms with E-state index < -0.39 is 5.97 Å². The van der Waals surface area contributed by atoms with Crippen molar-refractivity contribution >= 4 is 16.9 Å². The molecule has 3 rings (SSSR count). The van der Waals surface area contributed by atoms with E-state index in [1.165, 1.54) is 0 Å². The van der Waals surface area contributed by atoms with Crippen molar-refractivity contribution in [2.24, 2.45) is 5.92 Å². The smallest absolute Gasteiger partial charge is 0.338 e. The minimum Gasteiger partial charge on any atom is -0.478 e. The molecule has 1 N–H and O–H groups in total. The molecule has 22 heavy (non-hydrogen) atoms. The Kier molecular flexibility index (Phi) is 4.21. The quantitative estimate of drug-likeness (QED) is 0.933. The summed E-state index contributed by atoms with van der Waals surface area (Å²) in [6.07, 6.45) is 4.89. The van der Waals surface area contributed by atoms with Crippen LogP contribution in [0.5, 0.6) is 0 Å². The van der Waals surface area contributed by atoms with Gasteiger partial charge in [0.15, 0.2) is 0 Å². The Hall–Kier alpha value is -1.81. The lowest BCUT2D eigenvalue weighted by Crippen LogP contribution is -2.23. The van der Waals surface area contributed by atoms with Gasteiger partial charge < -0.3 is 14.4 Å². The minimum absolute atomic E-state index is 0.397. The van der Waals surface area contributed by atoms with E-state index in [1.54, 1.807) is 7.11 Å². The van der Waals surface area contributed by atoms with Crippen molar-refractivity contribution in [3.8, 4) is 0 Å². The molecule has 1 saturated carbocycles. The summed E-state index contributed by atoms with van der Waals surface area (Å²) in [5.41, 5.74) is 2.34. The summed E-state index contributed by atoms with van der Waals surface area (Å²) in [4.78, 5) is 11.6. The summed E-state index contributed by atoms with van der Waals surface area (Å²) in [7, 11) is 1.79. The topological polar surface area (TPSA) is 51.5 Å². The normalized spacial score (nSPS) is 22.1. The van der Waals surface area contributed by atoms with Crippen LogP contribution in [0.2, 0.25) is 0 Å². The van der Waals surface area contributed by atoms with E-state index in [-0.39, 0.29) is 0 Å². The Balaban J connectivity index is 1.91. The number of hydrogen-bond donors (Lipinski definition) is 1. The van der Waals surface area contributed by atoms with Crippen LogP contribution < -0.4 is 0 Å². The highest BCUT2D eigenvalue weighted by Crippen LogP contribution is 2.31. The largest absolute Gasteiger partial charge is 0.478 e. The van der Waals surface area contributed by atoms with Crippen molar-refractivity contribution in [3.63, 3.8) is 0 Å². The van der Waals surface area contributed by atoms with Crippen LogP contribution in [-0.4, -0.2) is 28.9 Å². The Labute approximate surface area is 130 Å². The van der Waals surface area contributed by atoms with Gasteiger partial charge in [0.25, 0.3) is 0 Å². The highest BCUT2D eigenvalue weighted by Gasteiger charge is 2.24. The molecule has 2 aromatic rings. The van der Waals surface area contributed by atoms with E-state index in [1.807, 2.05) is 31.2 Å².